The molecule has 2 N–H and O–H groups in total. The van der Waals surface area contributed by atoms with Gasteiger partial charge in [0, 0.05) is 14.2 Å². The molecule has 0 spiro atoms. The van der Waals surface area contributed by atoms with Crippen LogP contribution < -0.4 is 10.9 Å². The fourth-order valence-electron chi connectivity index (χ4n) is 1.39. The molecule has 0 saturated carbocycles. The molecule has 0 saturated heterocycles. The number of amidine groups is 1. The van der Waals surface area contributed by atoms with E-state index in [9.17, 15) is 4.79 Å². The van der Waals surface area contributed by atoms with Crippen LogP contribution in [0.1, 0.15) is 10.4 Å². The predicted octanol–water partition coefficient (Wildman–Crippen LogP) is 2.59. The lowest BCUT2D eigenvalue weighted by atomic mass is 10.2. The highest BCUT2D eigenvalue weighted by Crippen LogP contribution is 2.21. The Morgan fingerprint density at radius 2 is 2.33 bits per heavy atom. The summed E-state index contributed by atoms with van der Waals surface area (Å²) in [4.78, 5) is 16.2. The van der Waals surface area contributed by atoms with Crippen molar-refractivity contribution in [1.82, 2.24) is 10.9 Å². The van der Waals surface area contributed by atoms with Crippen molar-refractivity contribution in [1.29, 1.82) is 0 Å². The van der Waals surface area contributed by atoms with Gasteiger partial charge >= 0.3 is 0 Å². The molecule has 4 nitrogen and oxygen atoms in total. The van der Waals surface area contributed by atoms with Crippen LogP contribution in [0.4, 0.5) is 0 Å². The molecule has 0 radical (unpaired) electrons. The Morgan fingerprint density at radius 1 is 1.56 bits per heavy atom. The van der Waals surface area contributed by atoms with Crippen LogP contribution in [-0.2, 0) is 0 Å². The number of nitrogens with zero attached hydrogens (tertiary/aromatic N) is 1. The number of carbonyl (C=O) groups is 1. The first-order chi connectivity index (χ1) is 8.70. The lowest BCUT2D eigenvalue weighted by molar-refractivity contribution is 0.0943. The minimum Gasteiger partial charge on any atom is -0.276 e. The second-order valence-corrected chi connectivity index (χ2v) is 6.62. The maximum absolute atomic E-state index is 11.9. The van der Waals surface area contributed by atoms with Crippen LogP contribution >= 0.6 is 50.3 Å². The summed E-state index contributed by atoms with van der Waals surface area (Å²) < 4.78 is 1.82. The lowest BCUT2D eigenvalue weighted by Gasteiger charge is -2.09. The predicted molar refractivity (Wildman–Crippen MR) is 87.3 cm³/mol. The fourth-order valence-corrected chi connectivity index (χ4v) is 3.46. The molecule has 1 heterocycles. The van der Waals surface area contributed by atoms with Gasteiger partial charge in [0.05, 0.1) is 12.1 Å². The zero-order valence-electron chi connectivity index (χ0n) is 9.32. The summed E-state index contributed by atoms with van der Waals surface area (Å²) in [5.74, 6) is -0.177. The van der Waals surface area contributed by atoms with Crippen LogP contribution in [0.2, 0.25) is 0 Å². The Labute approximate surface area is 132 Å². The maximum Gasteiger partial charge on any atom is 0.270 e. The van der Waals surface area contributed by atoms with Gasteiger partial charge in [0.2, 0.25) is 0 Å². The van der Waals surface area contributed by atoms with Gasteiger partial charge in [-0.25, -0.2) is 0 Å². The summed E-state index contributed by atoms with van der Waals surface area (Å²) >= 11 is 7.34. The van der Waals surface area contributed by atoms with E-state index in [0.29, 0.717) is 10.8 Å². The monoisotopic (exact) mass is 439 g/mol. The molecule has 1 amide bonds. The SMILES string of the molecule is O=C(NNC1=NC[C@@H](CI)S1)c1ccccc1Br. The standard InChI is InChI=1S/C11H11BrIN3OS/c12-9-4-2-1-3-8(9)10(17)15-16-11-14-6-7(5-13)18-11/h1-4,7H,5-6H2,(H,14,16)(H,15,17)/t7-/m1/s1. The molecule has 1 aromatic rings. The number of carbonyl (C=O) groups excluding carboxylic acids is 1. The van der Waals surface area contributed by atoms with Crippen molar-refractivity contribution in [3.63, 3.8) is 0 Å². The molecule has 96 valence electrons. The third-order valence-corrected chi connectivity index (χ3v) is 5.75. The summed E-state index contributed by atoms with van der Waals surface area (Å²) in [6.07, 6.45) is 0. The van der Waals surface area contributed by atoms with Gasteiger partial charge in [-0.2, -0.15) is 0 Å². The molecule has 1 atom stereocenters. The number of nitrogens with one attached hydrogen (secondary N) is 2. The van der Waals surface area contributed by atoms with Crippen molar-refractivity contribution in [2.45, 2.75) is 5.25 Å². The van der Waals surface area contributed by atoms with Crippen molar-refractivity contribution >= 4 is 61.4 Å². The third-order valence-electron chi connectivity index (χ3n) is 2.29. The average molecular weight is 440 g/mol. The molecular formula is C11H11BrIN3OS. The molecule has 1 aliphatic rings. The summed E-state index contributed by atoms with van der Waals surface area (Å²) in [7, 11) is 0. The Kier molecular flexibility index (Phi) is 5.31. The number of benzene rings is 1. The van der Waals surface area contributed by atoms with Crippen LogP contribution in [-0.4, -0.2) is 27.3 Å². The topological polar surface area (TPSA) is 53.5 Å². The van der Waals surface area contributed by atoms with E-state index in [0.717, 1.165) is 20.6 Å². The van der Waals surface area contributed by atoms with Gasteiger partial charge in [-0.15, -0.1) is 0 Å². The fraction of sp³-hybridized carbons (Fsp3) is 0.273. The van der Waals surface area contributed by atoms with Crippen LogP contribution in [0, 0.1) is 0 Å². The normalized spacial score (nSPS) is 18.3. The molecule has 1 aromatic carbocycles. The maximum atomic E-state index is 11.9. The molecule has 0 bridgehead atoms. The second-order valence-electron chi connectivity index (χ2n) is 3.60. The number of aliphatic imine (C=N–C) groups is 1. The van der Waals surface area contributed by atoms with E-state index < -0.39 is 0 Å². The number of alkyl halides is 1. The minimum absolute atomic E-state index is 0.177. The number of thioether (sulfide) groups is 1. The highest BCUT2D eigenvalue weighted by atomic mass is 127. The quantitative estimate of drug-likeness (QED) is 0.423. The first kappa shape index (κ1) is 14.1. The molecule has 1 aliphatic heterocycles. The van der Waals surface area contributed by atoms with Gasteiger partial charge in [-0.05, 0) is 28.1 Å². The second kappa shape index (κ2) is 6.76. The van der Waals surface area contributed by atoms with E-state index in [2.05, 4.69) is 54.4 Å². The summed E-state index contributed by atoms with van der Waals surface area (Å²) in [6.45, 7) is 0.806. The molecule has 0 fully saturated rings. The minimum atomic E-state index is -0.177. The Bertz CT molecular complexity index is 483. The lowest BCUT2D eigenvalue weighted by Crippen LogP contribution is -2.40. The highest BCUT2D eigenvalue weighted by molar-refractivity contribution is 14.1. The molecule has 0 unspecified atom stereocenters. The Hall–Kier alpha value is -0.280. The number of hydrogen-bond acceptors (Lipinski definition) is 4. The molecule has 7 heteroatoms. The van der Waals surface area contributed by atoms with Crippen molar-refractivity contribution in [2.75, 3.05) is 11.0 Å². The molecule has 2 rings (SSSR count). The number of amides is 1. The van der Waals surface area contributed by atoms with Gasteiger partial charge < -0.3 is 0 Å². The average Bonchev–Trinajstić information content (AvgIpc) is 2.84. The van der Waals surface area contributed by atoms with Crippen molar-refractivity contribution < 1.29 is 4.79 Å². The van der Waals surface area contributed by atoms with E-state index in [1.807, 2.05) is 18.2 Å². The third kappa shape index (κ3) is 3.61. The molecular weight excluding hydrogens is 429 g/mol. The van der Waals surface area contributed by atoms with Gasteiger partial charge in [-0.3, -0.25) is 20.6 Å². The van der Waals surface area contributed by atoms with Crippen LogP contribution in [0.25, 0.3) is 0 Å². The van der Waals surface area contributed by atoms with Crippen molar-refractivity contribution in [3.05, 3.63) is 34.3 Å². The molecule has 0 aromatic heterocycles. The van der Waals surface area contributed by atoms with E-state index in [1.165, 1.54) is 0 Å². The van der Waals surface area contributed by atoms with Gasteiger partial charge in [0.15, 0.2) is 5.17 Å². The van der Waals surface area contributed by atoms with Gasteiger partial charge in [0.25, 0.3) is 5.91 Å². The van der Waals surface area contributed by atoms with Crippen LogP contribution in [0.15, 0.2) is 33.7 Å². The van der Waals surface area contributed by atoms with E-state index in [1.54, 1.807) is 17.8 Å². The largest absolute Gasteiger partial charge is 0.276 e. The smallest absolute Gasteiger partial charge is 0.270 e. The van der Waals surface area contributed by atoms with E-state index >= 15 is 0 Å². The Balaban J connectivity index is 1.88. The van der Waals surface area contributed by atoms with E-state index in [-0.39, 0.29) is 5.91 Å². The Morgan fingerprint density at radius 3 is 3.00 bits per heavy atom. The van der Waals surface area contributed by atoms with E-state index in [4.69, 9.17) is 0 Å². The van der Waals surface area contributed by atoms with Gasteiger partial charge in [-0.1, -0.05) is 46.5 Å². The highest BCUT2D eigenvalue weighted by Gasteiger charge is 2.19. The number of hydrazine groups is 1. The van der Waals surface area contributed by atoms with Crippen LogP contribution in [0.3, 0.4) is 0 Å². The van der Waals surface area contributed by atoms with Crippen LogP contribution in [0.5, 0.6) is 0 Å². The van der Waals surface area contributed by atoms with Crippen molar-refractivity contribution in [3.8, 4) is 0 Å². The zero-order valence-corrected chi connectivity index (χ0v) is 13.9. The molecule has 0 aliphatic carbocycles. The number of rotatable bonds is 2. The van der Waals surface area contributed by atoms with Crippen molar-refractivity contribution in [2.24, 2.45) is 4.99 Å². The van der Waals surface area contributed by atoms with Gasteiger partial charge in [0.1, 0.15) is 0 Å². The number of hydrogen-bond donors (Lipinski definition) is 2. The first-order valence-electron chi connectivity index (χ1n) is 5.28. The molecule has 18 heavy (non-hydrogen) atoms. The summed E-state index contributed by atoms with van der Waals surface area (Å²) in [5, 5.41) is 1.28. The summed E-state index contributed by atoms with van der Waals surface area (Å²) in [5.41, 5.74) is 6.11. The zero-order chi connectivity index (χ0) is 13.0. The first-order valence-corrected chi connectivity index (χ1v) is 8.48. The summed E-state index contributed by atoms with van der Waals surface area (Å²) in [6, 6.07) is 7.30. The number of halogens is 2.